The van der Waals surface area contributed by atoms with E-state index in [1.807, 2.05) is 0 Å². The molecule has 33 heavy (non-hydrogen) atoms. The maximum Gasteiger partial charge on any atom is 0.407 e. The molecule has 10 heteroatoms. The number of nitrogens with zero attached hydrogens (tertiary/aromatic N) is 2. The molecule has 0 aliphatic carbocycles. The maximum absolute atomic E-state index is 14.2. The maximum atomic E-state index is 14.2. The average molecular weight is 470 g/mol. The van der Waals surface area contributed by atoms with Gasteiger partial charge < -0.3 is 19.9 Å². The van der Waals surface area contributed by atoms with Crippen molar-refractivity contribution in [2.75, 3.05) is 13.1 Å². The molecule has 182 valence electrons. The minimum Gasteiger partial charge on any atom is -0.444 e. The van der Waals surface area contributed by atoms with E-state index in [9.17, 15) is 27.6 Å². The van der Waals surface area contributed by atoms with Gasteiger partial charge >= 0.3 is 6.09 Å². The van der Waals surface area contributed by atoms with Crippen LogP contribution in [0.4, 0.5) is 18.0 Å². The number of alkyl carbamates (subject to hydrolysis) is 1. The molecular formula is C23H30F3N3O4. The van der Waals surface area contributed by atoms with Crippen molar-refractivity contribution >= 4 is 17.9 Å². The molecule has 1 N–H and O–H groups in total. The molecule has 7 nitrogen and oxygen atoms in total. The van der Waals surface area contributed by atoms with Crippen molar-refractivity contribution in [3.63, 3.8) is 0 Å². The highest BCUT2D eigenvalue weighted by atomic mass is 19.2. The average Bonchev–Trinajstić information content (AvgIpc) is 3.31. The number of carbonyl (C=O) groups is 3. The van der Waals surface area contributed by atoms with E-state index in [1.165, 1.54) is 0 Å². The third-order valence-electron chi connectivity index (χ3n) is 5.88. The van der Waals surface area contributed by atoms with Crippen molar-refractivity contribution in [1.29, 1.82) is 0 Å². The zero-order valence-corrected chi connectivity index (χ0v) is 19.3. The van der Waals surface area contributed by atoms with Crippen molar-refractivity contribution in [1.82, 2.24) is 15.1 Å². The Morgan fingerprint density at radius 2 is 1.61 bits per heavy atom. The summed E-state index contributed by atoms with van der Waals surface area (Å²) in [5.74, 6) is -3.72. The first-order valence-corrected chi connectivity index (χ1v) is 11.1. The van der Waals surface area contributed by atoms with Gasteiger partial charge in [0.05, 0.1) is 12.1 Å². The summed E-state index contributed by atoms with van der Waals surface area (Å²) in [6.07, 6.45) is -0.108. The van der Waals surface area contributed by atoms with Crippen molar-refractivity contribution in [3.8, 4) is 0 Å². The number of rotatable bonds is 6. The number of hydrogen-bond donors (Lipinski definition) is 1. The molecule has 3 rings (SSSR count). The van der Waals surface area contributed by atoms with Crippen LogP contribution in [0.1, 0.15) is 52.5 Å². The van der Waals surface area contributed by atoms with Gasteiger partial charge in [-0.05, 0) is 45.2 Å². The lowest BCUT2D eigenvalue weighted by atomic mass is 10.0. The summed E-state index contributed by atoms with van der Waals surface area (Å²) in [5, 5.41) is 2.56. The summed E-state index contributed by atoms with van der Waals surface area (Å²) in [4.78, 5) is 40.9. The zero-order chi connectivity index (χ0) is 24.5. The summed E-state index contributed by atoms with van der Waals surface area (Å²) in [5.41, 5.74) is -0.958. The molecule has 2 fully saturated rings. The van der Waals surface area contributed by atoms with Gasteiger partial charge in [-0.2, -0.15) is 0 Å². The van der Waals surface area contributed by atoms with E-state index < -0.39 is 35.2 Å². The highest BCUT2D eigenvalue weighted by molar-refractivity contribution is 5.81. The Labute approximate surface area is 191 Å². The minimum atomic E-state index is -1.32. The predicted molar refractivity (Wildman–Crippen MR) is 114 cm³/mol. The second-order valence-corrected chi connectivity index (χ2v) is 9.60. The second-order valence-electron chi connectivity index (χ2n) is 9.60. The molecular weight excluding hydrogens is 439 g/mol. The van der Waals surface area contributed by atoms with Gasteiger partial charge in [-0.25, -0.2) is 18.0 Å². The number of fused-ring (bicyclic) bond motifs is 2. The Kier molecular flexibility index (Phi) is 7.23. The standard InChI is InChI=1S/C23H30F3N3O4/c1-5-20(30)28-11-16-9-15(28)12-29(16)21(31)8-14(27-22(32)33-23(2,3)4)6-13-7-18(25)19(26)10-17(13)24/h7,10,14-16H,5-6,8-9,11-12H2,1-4H3,(H,27,32)/t14-,15?,16?/m1/s1. The first-order chi connectivity index (χ1) is 15.4. The molecule has 2 aliphatic rings. The lowest BCUT2D eigenvalue weighted by molar-refractivity contribution is -0.139. The number of carbonyl (C=O) groups excluding carboxylic acids is 3. The monoisotopic (exact) mass is 469 g/mol. The van der Waals surface area contributed by atoms with Crippen molar-refractivity contribution < 1.29 is 32.3 Å². The van der Waals surface area contributed by atoms with E-state index in [2.05, 4.69) is 5.32 Å². The van der Waals surface area contributed by atoms with Crippen molar-refractivity contribution in [2.45, 2.75) is 77.1 Å². The Morgan fingerprint density at radius 1 is 1.03 bits per heavy atom. The van der Waals surface area contributed by atoms with Crippen molar-refractivity contribution in [3.05, 3.63) is 35.1 Å². The van der Waals surface area contributed by atoms with Crippen LogP contribution in [-0.2, 0) is 20.7 Å². The molecule has 2 bridgehead atoms. The molecule has 1 aromatic carbocycles. The smallest absolute Gasteiger partial charge is 0.407 e. The van der Waals surface area contributed by atoms with Crippen LogP contribution >= 0.6 is 0 Å². The largest absolute Gasteiger partial charge is 0.444 e. The van der Waals surface area contributed by atoms with Gasteiger partial charge in [0, 0.05) is 38.0 Å². The molecule has 3 atom stereocenters. The van der Waals surface area contributed by atoms with Gasteiger partial charge in [-0.15, -0.1) is 0 Å². The Bertz CT molecular complexity index is 934. The fourth-order valence-corrected chi connectivity index (χ4v) is 4.44. The number of nitrogens with one attached hydrogen (secondary N) is 1. The van der Waals surface area contributed by atoms with Crippen molar-refractivity contribution in [2.24, 2.45) is 0 Å². The van der Waals surface area contributed by atoms with Crippen LogP contribution in [-0.4, -0.2) is 64.5 Å². The van der Waals surface area contributed by atoms with E-state index in [0.717, 1.165) is 6.07 Å². The molecule has 3 amide bonds. The minimum absolute atomic E-state index is 0.0349. The fourth-order valence-electron chi connectivity index (χ4n) is 4.44. The van der Waals surface area contributed by atoms with Gasteiger partial charge in [0.25, 0.3) is 0 Å². The second kappa shape index (κ2) is 9.61. The number of amides is 3. The Balaban J connectivity index is 1.72. The number of likely N-dealkylation sites (tertiary alicyclic amines) is 2. The van der Waals surface area contributed by atoms with Crippen LogP contribution in [0.25, 0.3) is 0 Å². The summed E-state index contributed by atoms with van der Waals surface area (Å²) in [6, 6.07) is 0.118. The summed E-state index contributed by atoms with van der Waals surface area (Å²) in [6.45, 7) is 7.67. The zero-order valence-electron chi connectivity index (χ0n) is 19.3. The molecule has 2 unspecified atom stereocenters. The molecule has 2 saturated heterocycles. The SMILES string of the molecule is CCC(=O)N1CC2CC1CN2C(=O)C[C@@H](Cc1cc(F)c(F)cc1F)NC(=O)OC(C)(C)C. The predicted octanol–water partition coefficient (Wildman–Crippen LogP) is 3.15. The molecule has 2 aliphatic heterocycles. The number of benzene rings is 1. The first kappa shape index (κ1) is 24.9. The molecule has 0 spiro atoms. The van der Waals surface area contributed by atoms with Gasteiger partial charge in [-0.1, -0.05) is 6.92 Å². The number of halogens is 3. The van der Waals surface area contributed by atoms with Crippen LogP contribution in [0.15, 0.2) is 12.1 Å². The van der Waals surface area contributed by atoms with Crippen LogP contribution < -0.4 is 5.32 Å². The first-order valence-electron chi connectivity index (χ1n) is 11.1. The van der Waals surface area contributed by atoms with E-state index >= 15 is 0 Å². The highest BCUT2D eigenvalue weighted by Crippen LogP contribution is 2.32. The molecule has 0 saturated carbocycles. The topological polar surface area (TPSA) is 79.0 Å². The van der Waals surface area contributed by atoms with Gasteiger partial charge in [0.1, 0.15) is 11.4 Å². The summed E-state index contributed by atoms with van der Waals surface area (Å²) in [7, 11) is 0. The Hall–Kier alpha value is -2.78. The van der Waals surface area contributed by atoms with Crippen LogP contribution in [0.3, 0.4) is 0 Å². The van der Waals surface area contributed by atoms with Gasteiger partial charge in [0.2, 0.25) is 11.8 Å². The molecule has 0 aromatic heterocycles. The van der Waals surface area contributed by atoms with E-state index in [4.69, 9.17) is 4.74 Å². The number of piperazine rings is 1. The quantitative estimate of drug-likeness (QED) is 0.650. The third-order valence-corrected chi connectivity index (χ3v) is 5.88. The number of hydrogen-bond acceptors (Lipinski definition) is 4. The third kappa shape index (κ3) is 5.97. The van der Waals surface area contributed by atoms with E-state index in [-0.39, 0.29) is 42.3 Å². The van der Waals surface area contributed by atoms with Crippen LogP contribution in [0, 0.1) is 17.5 Å². The summed E-state index contributed by atoms with van der Waals surface area (Å²) < 4.78 is 46.5. The van der Waals surface area contributed by atoms with Crippen LogP contribution in [0.2, 0.25) is 0 Å². The van der Waals surface area contributed by atoms with Gasteiger partial charge in [-0.3, -0.25) is 9.59 Å². The molecule has 0 radical (unpaired) electrons. The Morgan fingerprint density at radius 3 is 2.15 bits per heavy atom. The fraction of sp³-hybridized carbons (Fsp3) is 0.609. The molecule has 2 heterocycles. The summed E-state index contributed by atoms with van der Waals surface area (Å²) >= 11 is 0. The van der Waals surface area contributed by atoms with E-state index in [1.54, 1.807) is 37.5 Å². The van der Waals surface area contributed by atoms with E-state index in [0.29, 0.717) is 32.0 Å². The lowest BCUT2D eigenvalue weighted by Gasteiger charge is -2.35. The van der Waals surface area contributed by atoms with Gasteiger partial charge in [0.15, 0.2) is 11.6 Å². The molecule has 1 aromatic rings. The lowest BCUT2D eigenvalue weighted by Crippen LogP contribution is -2.52. The highest BCUT2D eigenvalue weighted by Gasteiger charge is 2.46. The normalized spacial score (nSPS) is 20.7. The van der Waals surface area contributed by atoms with Crippen LogP contribution in [0.5, 0.6) is 0 Å². The number of ether oxygens (including phenoxy) is 1.